The van der Waals surface area contributed by atoms with Crippen molar-refractivity contribution >= 4 is 21.6 Å². The van der Waals surface area contributed by atoms with Gasteiger partial charge in [-0.3, -0.25) is 0 Å². The van der Waals surface area contributed by atoms with Crippen LogP contribution in [0.15, 0.2) is 22.7 Å². The fourth-order valence-electron chi connectivity index (χ4n) is 1.17. The Balaban J connectivity index is 2.99. The lowest BCUT2D eigenvalue weighted by molar-refractivity contribution is 0.250. The van der Waals surface area contributed by atoms with Crippen molar-refractivity contribution in [3.63, 3.8) is 0 Å². The summed E-state index contributed by atoms with van der Waals surface area (Å²) in [5.74, 6) is 0. The molecule has 1 aromatic carbocycles. The van der Waals surface area contributed by atoms with Crippen molar-refractivity contribution in [2.45, 2.75) is 6.04 Å². The van der Waals surface area contributed by atoms with Gasteiger partial charge in [0, 0.05) is 10.2 Å². The number of hydrogen-bond acceptors (Lipinski definition) is 3. The van der Waals surface area contributed by atoms with Crippen LogP contribution in [0.25, 0.3) is 0 Å². The second-order valence-electron chi connectivity index (χ2n) is 2.80. The van der Waals surface area contributed by atoms with E-state index in [2.05, 4.69) is 21.2 Å². The van der Waals surface area contributed by atoms with E-state index in [4.69, 9.17) is 10.8 Å². The first-order valence-corrected chi connectivity index (χ1v) is 4.81. The number of anilines is 1. The minimum atomic E-state index is -0.0463. The molecule has 0 radical (unpaired) electrons. The molecule has 0 aliphatic rings. The maximum Gasteiger partial charge on any atom is 0.0626 e. The molecule has 0 bridgehead atoms. The number of likely N-dealkylation sites (N-methyl/N-ethyl adjacent to an activating group) is 1. The number of nitrogens with two attached hydrogens (primary N) is 1. The Morgan fingerprint density at radius 1 is 1.62 bits per heavy atom. The molecule has 0 aliphatic carbocycles. The highest BCUT2D eigenvalue weighted by atomic mass is 79.9. The normalized spacial score (nSPS) is 12.8. The van der Waals surface area contributed by atoms with Gasteiger partial charge in [0.1, 0.15) is 0 Å². The van der Waals surface area contributed by atoms with Crippen LogP contribution in [0.5, 0.6) is 0 Å². The second-order valence-corrected chi connectivity index (χ2v) is 3.66. The number of aliphatic hydroxyl groups excluding tert-OH is 1. The van der Waals surface area contributed by atoms with E-state index in [0.29, 0.717) is 5.69 Å². The first-order chi connectivity index (χ1) is 6.19. The van der Waals surface area contributed by atoms with Crippen LogP contribution in [0.3, 0.4) is 0 Å². The van der Waals surface area contributed by atoms with Crippen LogP contribution >= 0.6 is 15.9 Å². The monoisotopic (exact) mass is 244 g/mol. The summed E-state index contributed by atoms with van der Waals surface area (Å²) in [5.41, 5.74) is 7.32. The quantitative estimate of drug-likeness (QED) is 0.703. The molecule has 1 aromatic rings. The lowest BCUT2D eigenvalue weighted by Crippen LogP contribution is -2.20. The van der Waals surface area contributed by atoms with E-state index < -0.39 is 0 Å². The van der Waals surface area contributed by atoms with E-state index in [0.717, 1.165) is 10.0 Å². The van der Waals surface area contributed by atoms with Crippen molar-refractivity contribution in [1.29, 1.82) is 0 Å². The lowest BCUT2D eigenvalue weighted by atomic mass is 10.1. The van der Waals surface area contributed by atoms with Crippen molar-refractivity contribution in [2.75, 3.05) is 19.4 Å². The van der Waals surface area contributed by atoms with Crippen LogP contribution in [0.1, 0.15) is 11.6 Å². The minimum absolute atomic E-state index is 0.0463. The van der Waals surface area contributed by atoms with E-state index in [1.807, 2.05) is 25.2 Å². The number of aliphatic hydroxyl groups is 1. The molecule has 1 atom stereocenters. The molecule has 0 fully saturated rings. The van der Waals surface area contributed by atoms with Crippen molar-refractivity contribution in [2.24, 2.45) is 0 Å². The molecule has 3 nitrogen and oxygen atoms in total. The van der Waals surface area contributed by atoms with Crippen LogP contribution < -0.4 is 11.1 Å². The van der Waals surface area contributed by atoms with Crippen molar-refractivity contribution in [3.05, 3.63) is 28.2 Å². The second kappa shape index (κ2) is 4.60. The highest BCUT2D eigenvalue weighted by molar-refractivity contribution is 9.10. The molecule has 4 heteroatoms. The molecule has 0 saturated heterocycles. The van der Waals surface area contributed by atoms with Crippen molar-refractivity contribution in [3.8, 4) is 0 Å². The third-order valence-electron chi connectivity index (χ3n) is 1.93. The number of nitrogens with one attached hydrogen (secondary N) is 1. The summed E-state index contributed by atoms with van der Waals surface area (Å²) < 4.78 is 0.918. The molecule has 0 unspecified atom stereocenters. The third-order valence-corrected chi connectivity index (χ3v) is 2.62. The number of halogens is 1. The average Bonchev–Trinajstić information content (AvgIpc) is 2.10. The van der Waals surface area contributed by atoms with Gasteiger partial charge in [-0.05, 0) is 24.7 Å². The van der Waals surface area contributed by atoms with Crippen molar-refractivity contribution in [1.82, 2.24) is 5.32 Å². The Kier molecular flexibility index (Phi) is 3.71. The number of rotatable bonds is 3. The summed E-state index contributed by atoms with van der Waals surface area (Å²) in [4.78, 5) is 0. The third kappa shape index (κ3) is 2.43. The van der Waals surface area contributed by atoms with E-state index >= 15 is 0 Å². The molecular formula is C9H13BrN2O. The molecule has 0 aliphatic heterocycles. The standard InChI is InChI=1S/C9H13BrN2O/c1-12-9(5-13)7-3-2-6(11)4-8(7)10/h2-4,9,12-13H,5,11H2,1H3/t9-/m1/s1. The van der Waals surface area contributed by atoms with Gasteiger partial charge in [0.2, 0.25) is 0 Å². The molecule has 0 amide bonds. The highest BCUT2D eigenvalue weighted by Gasteiger charge is 2.10. The Morgan fingerprint density at radius 3 is 2.77 bits per heavy atom. The molecule has 4 N–H and O–H groups in total. The van der Waals surface area contributed by atoms with Gasteiger partial charge >= 0.3 is 0 Å². The zero-order valence-corrected chi connectivity index (χ0v) is 9.01. The summed E-state index contributed by atoms with van der Waals surface area (Å²) in [7, 11) is 1.81. The van der Waals surface area contributed by atoms with Crippen LogP contribution in [-0.2, 0) is 0 Å². The van der Waals surface area contributed by atoms with Gasteiger partial charge in [0.25, 0.3) is 0 Å². The van der Waals surface area contributed by atoms with Crippen LogP contribution in [0.4, 0.5) is 5.69 Å². The molecule has 0 aromatic heterocycles. The Labute approximate surface area is 86.1 Å². The predicted octanol–water partition coefficient (Wildman–Crippen LogP) is 1.28. The Morgan fingerprint density at radius 2 is 2.31 bits per heavy atom. The fraction of sp³-hybridized carbons (Fsp3) is 0.333. The molecule has 72 valence electrons. The minimum Gasteiger partial charge on any atom is -0.399 e. The van der Waals surface area contributed by atoms with Crippen molar-refractivity contribution < 1.29 is 5.11 Å². The van der Waals surface area contributed by atoms with Gasteiger partial charge in [-0.15, -0.1) is 0 Å². The molecule has 0 heterocycles. The van der Waals surface area contributed by atoms with Crippen LogP contribution in [0, 0.1) is 0 Å². The first-order valence-electron chi connectivity index (χ1n) is 4.02. The highest BCUT2D eigenvalue weighted by Crippen LogP contribution is 2.25. The molecule has 1 rings (SSSR count). The van der Waals surface area contributed by atoms with Crippen LogP contribution in [-0.4, -0.2) is 18.8 Å². The SMILES string of the molecule is CN[C@H](CO)c1ccc(N)cc1Br. The summed E-state index contributed by atoms with van der Waals surface area (Å²) >= 11 is 3.40. The average molecular weight is 245 g/mol. The largest absolute Gasteiger partial charge is 0.399 e. The summed E-state index contributed by atoms with van der Waals surface area (Å²) in [5, 5.41) is 12.1. The van der Waals surface area contributed by atoms with E-state index in [1.54, 1.807) is 0 Å². The first kappa shape index (κ1) is 10.5. The van der Waals surface area contributed by atoms with E-state index in [-0.39, 0.29) is 12.6 Å². The Hall–Kier alpha value is -0.580. The molecule has 0 saturated carbocycles. The summed E-state index contributed by atoms with van der Waals surface area (Å²) in [6, 6.07) is 5.50. The van der Waals surface area contributed by atoms with E-state index in [1.165, 1.54) is 0 Å². The van der Waals surface area contributed by atoms with Gasteiger partial charge in [-0.1, -0.05) is 22.0 Å². The summed E-state index contributed by atoms with van der Waals surface area (Å²) in [6.45, 7) is 0.0685. The smallest absolute Gasteiger partial charge is 0.0626 e. The topological polar surface area (TPSA) is 58.3 Å². The predicted molar refractivity (Wildman–Crippen MR) is 57.4 cm³/mol. The van der Waals surface area contributed by atoms with E-state index in [9.17, 15) is 0 Å². The lowest BCUT2D eigenvalue weighted by Gasteiger charge is -2.15. The van der Waals surface area contributed by atoms with Gasteiger partial charge in [-0.25, -0.2) is 0 Å². The van der Waals surface area contributed by atoms with Crippen LogP contribution in [0.2, 0.25) is 0 Å². The van der Waals surface area contributed by atoms with Gasteiger partial charge in [0.05, 0.1) is 12.6 Å². The molecular weight excluding hydrogens is 232 g/mol. The number of benzene rings is 1. The van der Waals surface area contributed by atoms with Gasteiger partial charge in [-0.2, -0.15) is 0 Å². The fourth-order valence-corrected chi connectivity index (χ4v) is 1.84. The molecule has 0 spiro atoms. The number of nitrogen functional groups attached to an aromatic ring is 1. The Bertz CT molecular complexity index is 287. The van der Waals surface area contributed by atoms with Gasteiger partial charge in [0.15, 0.2) is 0 Å². The number of hydrogen-bond donors (Lipinski definition) is 3. The molecule has 13 heavy (non-hydrogen) atoms. The zero-order chi connectivity index (χ0) is 9.84. The maximum atomic E-state index is 9.06. The maximum absolute atomic E-state index is 9.06. The zero-order valence-electron chi connectivity index (χ0n) is 7.42. The van der Waals surface area contributed by atoms with Gasteiger partial charge < -0.3 is 16.2 Å². The summed E-state index contributed by atoms with van der Waals surface area (Å²) in [6.07, 6.45) is 0.